The summed E-state index contributed by atoms with van der Waals surface area (Å²) in [5, 5.41) is 0. The summed E-state index contributed by atoms with van der Waals surface area (Å²) in [4.78, 5) is 0. The van der Waals surface area contributed by atoms with E-state index in [1.165, 1.54) is 69.8 Å². The summed E-state index contributed by atoms with van der Waals surface area (Å²) in [6, 6.07) is 0. The van der Waals surface area contributed by atoms with E-state index in [0.717, 1.165) is 0 Å². The normalized spacial score (nSPS) is 12.1. The molecule has 0 aliphatic carbocycles. The molecule has 0 aromatic rings. The molecule has 0 saturated carbocycles. The summed E-state index contributed by atoms with van der Waals surface area (Å²) in [5.74, 6) is 0. The molecule has 15 heavy (non-hydrogen) atoms. The maximum atomic E-state index is 5.60. The first-order chi connectivity index (χ1) is 7.31. The highest BCUT2D eigenvalue weighted by Gasteiger charge is 1.93. The van der Waals surface area contributed by atoms with Gasteiger partial charge < -0.3 is 0 Å². The molecule has 90 valence electrons. The van der Waals surface area contributed by atoms with Crippen LogP contribution in [0, 0.1) is 0 Å². The van der Waals surface area contributed by atoms with E-state index in [9.17, 15) is 0 Å². The van der Waals surface area contributed by atoms with Gasteiger partial charge in [0.05, 0.1) is 0 Å². The highest BCUT2D eigenvalue weighted by atomic mass is 35.5. The molecule has 0 amide bonds. The van der Waals surface area contributed by atoms with E-state index in [-0.39, 0.29) is 0 Å². The van der Waals surface area contributed by atoms with Gasteiger partial charge >= 0.3 is 0 Å². The fraction of sp³-hybridized carbons (Fsp3) is 0.857. The predicted octanol–water partition coefficient (Wildman–Crippen LogP) is 6.05. The Balaban J connectivity index is 2.99. The molecule has 0 rings (SSSR count). The van der Waals surface area contributed by atoms with Crippen LogP contribution in [0.1, 0.15) is 78.1 Å². The van der Waals surface area contributed by atoms with Gasteiger partial charge in [0.1, 0.15) is 0 Å². The van der Waals surface area contributed by atoms with Gasteiger partial charge in [-0.15, -0.1) is 0 Å². The number of rotatable bonds is 10. The Morgan fingerprint density at radius 2 is 1.33 bits per heavy atom. The van der Waals surface area contributed by atoms with Crippen molar-refractivity contribution in [1.29, 1.82) is 0 Å². The molecule has 0 aromatic carbocycles. The van der Waals surface area contributed by atoms with E-state index in [2.05, 4.69) is 13.8 Å². The molecule has 0 spiro atoms. The third kappa shape index (κ3) is 12.0. The van der Waals surface area contributed by atoms with Crippen LogP contribution in [0.15, 0.2) is 11.1 Å². The largest absolute Gasteiger partial charge is 0.0930 e. The number of hydrogen-bond donors (Lipinski definition) is 0. The molecule has 1 heteroatoms. The quantitative estimate of drug-likeness (QED) is 0.401. The van der Waals surface area contributed by atoms with Crippen LogP contribution in [-0.2, 0) is 0 Å². The first-order valence-corrected chi connectivity index (χ1v) is 7.00. The van der Waals surface area contributed by atoms with Crippen molar-refractivity contribution < 1.29 is 0 Å². The molecule has 0 aliphatic heterocycles. The Morgan fingerprint density at radius 3 is 1.80 bits per heavy atom. The van der Waals surface area contributed by atoms with Gasteiger partial charge in [-0.2, -0.15) is 0 Å². The van der Waals surface area contributed by atoms with E-state index in [0.29, 0.717) is 0 Å². The van der Waals surface area contributed by atoms with Crippen LogP contribution in [0.3, 0.4) is 0 Å². The lowest BCUT2D eigenvalue weighted by Gasteiger charge is -2.02. The van der Waals surface area contributed by atoms with Gasteiger partial charge in [-0.3, -0.25) is 0 Å². The zero-order chi connectivity index (χ0) is 11.4. The SMILES string of the molecule is CCCCCCCCCCC/C(C)=C/Cl. The standard InChI is InChI=1S/C14H27Cl/c1-3-4-5-6-7-8-9-10-11-12-14(2)13-15/h13H,3-12H2,1-2H3/b14-13+. The Morgan fingerprint density at radius 1 is 0.867 bits per heavy atom. The summed E-state index contributed by atoms with van der Waals surface area (Å²) in [7, 11) is 0. The van der Waals surface area contributed by atoms with Gasteiger partial charge in [0.15, 0.2) is 0 Å². The topological polar surface area (TPSA) is 0 Å². The minimum atomic E-state index is 1.18. The van der Waals surface area contributed by atoms with Gasteiger partial charge in [0.2, 0.25) is 0 Å². The average molecular weight is 231 g/mol. The Hall–Kier alpha value is 0.0300. The maximum absolute atomic E-state index is 5.60. The average Bonchev–Trinajstić information content (AvgIpc) is 2.26. The van der Waals surface area contributed by atoms with E-state index >= 15 is 0 Å². The second-order valence-electron chi connectivity index (χ2n) is 4.53. The molecule has 0 aromatic heterocycles. The van der Waals surface area contributed by atoms with Gasteiger partial charge in [0.25, 0.3) is 0 Å². The highest BCUT2D eigenvalue weighted by molar-refractivity contribution is 6.25. The third-order valence-electron chi connectivity index (χ3n) is 2.86. The van der Waals surface area contributed by atoms with Gasteiger partial charge in [-0.1, -0.05) is 75.5 Å². The molecule has 0 N–H and O–H groups in total. The second kappa shape index (κ2) is 12.1. The molecule has 0 atom stereocenters. The fourth-order valence-corrected chi connectivity index (χ4v) is 1.88. The Kier molecular flexibility index (Phi) is 12.1. The molecule has 0 radical (unpaired) electrons. The molecular weight excluding hydrogens is 204 g/mol. The van der Waals surface area contributed by atoms with Crippen LogP contribution in [0.2, 0.25) is 0 Å². The number of allylic oxidation sites excluding steroid dienone is 1. The van der Waals surface area contributed by atoms with Crippen molar-refractivity contribution in [2.24, 2.45) is 0 Å². The fourth-order valence-electron chi connectivity index (χ4n) is 1.77. The lowest BCUT2D eigenvalue weighted by molar-refractivity contribution is 0.564. The van der Waals surface area contributed by atoms with E-state index in [4.69, 9.17) is 11.6 Å². The first-order valence-electron chi connectivity index (χ1n) is 6.57. The van der Waals surface area contributed by atoms with Crippen LogP contribution in [-0.4, -0.2) is 0 Å². The number of unbranched alkanes of at least 4 members (excludes halogenated alkanes) is 8. The Labute approximate surface area is 101 Å². The van der Waals surface area contributed by atoms with Crippen LogP contribution >= 0.6 is 11.6 Å². The monoisotopic (exact) mass is 230 g/mol. The van der Waals surface area contributed by atoms with Gasteiger partial charge in [0, 0.05) is 5.54 Å². The molecule has 0 nitrogen and oxygen atoms in total. The summed E-state index contributed by atoms with van der Waals surface area (Å²) in [6.07, 6.45) is 13.8. The predicted molar refractivity (Wildman–Crippen MR) is 71.5 cm³/mol. The smallest absolute Gasteiger partial charge is 0.00316 e. The lowest BCUT2D eigenvalue weighted by atomic mass is 10.1. The summed E-state index contributed by atoms with van der Waals surface area (Å²) in [6.45, 7) is 4.38. The molecule has 0 unspecified atom stereocenters. The van der Waals surface area contributed by atoms with E-state index in [1.54, 1.807) is 5.54 Å². The lowest BCUT2D eigenvalue weighted by Crippen LogP contribution is -1.82. The van der Waals surface area contributed by atoms with Crippen molar-refractivity contribution in [3.8, 4) is 0 Å². The number of halogens is 1. The molecule has 0 saturated heterocycles. The van der Waals surface area contributed by atoms with Crippen molar-refractivity contribution in [3.63, 3.8) is 0 Å². The molecule has 0 heterocycles. The summed E-state index contributed by atoms with van der Waals surface area (Å²) < 4.78 is 0. The zero-order valence-corrected chi connectivity index (χ0v) is 11.3. The summed E-state index contributed by atoms with van der Waals surface area (Å²) in [5.41, 5.74) is 3.03. The first kappa shape index (κ1) is 15.0. The maximum Gasteiger partial charge on any atom is 0.00316 e. The Bertz CT molecular complexity index is 149. The minimum Gasteiger partial charge on any atom is -0.0930 e. The van der Waals surface area contributed by atoms with E-state index < -0.39 is 0 Å². The summed E-state index contributed by atoms with van der Waals surface area (Å²) >= 11 is 5.60. The highest BCUT2D eigenvalue weighted by Crippen LogP contribution is 2.13. The van der Waals surface area contributed by atoms with Crippen molar-refractivity contribution in [2.75, 3.05) is 0 Å². The van der Waals surface area contributed by atoms with Crippen molar-refractivity contribution >= 4 is 11.6 Å². The molecule has 0 aliphatic rings. The van der Waals surface area contributed by atoms with Crippen LogP contribution in [0.25, 0.3) is 0 Å². The minimum absolute atomic E-state index is 1.18. The number of hydrogen-bond acceptors (Lipinski definition) is 0. The van der Waals surface area contributed by atoms with Gasteiger partial charge in [-0.25, -0.2) is 0 Å². The zero-order valence-electron chi connectivity index (χ0n) is 10.5. The molecular formula is C14H27Cl. The van der Waals surface area contributed by atoms with Crippen molar-refractivity contribution in [3.05, 3.63) is 11.1 Å². The van der Waals surface area contributed by atoms with Gasteiger partial charge in [-0.05, 0) is 19.8 Å². The van der Waals surface area contributed by atoms with Crippen molar-refractivity contribution in [1.82, 2.24) is 0 Å². The van der Waals surface area contributed by atoms with Crippen LogP contribution in [0.4, 0.5) is 0 Å². The van der Waals surface area contributed by atoms with Crippen LogP contribution < -0.4 is 0 Å². The molecule has 0 fully saturated rings. The van der Waals surface area contributed by atoms with Crippen LogP contribution in [0.5, 0.6) is 0 Å². The van der Waals surface area contributed by atoms with Crippen molar-refractivity contribution in [2.45, 2.75) is 78.1 Å². The molecule has 0 bridgehead atoms. The van der Waals surface area contributed by atoms with E-state index in [1.807, 2.05) is 0 Å². The third-order valence-corrected chi connectivity index (χ3v) is 3.23. The second-order valence-corrected chi connectivity index (χ2v) is 4.75.